The highest BCUT2D eigenvalue weighted by Crippen LogP contribution is 2.43. The van der Waals surface area contributed by atoms with Crippen molar-refractivity contribution in [1.82, 2.24) is 4.98 Å². The molecule has 7 heteroatoms. The van der Waals surface area contributed by atoms with Gasteiger partial charge >= 0.3 is 0 Å². The predicted octanol–water partition coefficient (Wildman–Crippen LogP) is 6.08. The number of hydrogen-bond acceptors (Lipinski definition) is 5. The van der Waals surface area contributed by atoms with Crippen molar-refractivity contribution in [2.24, 2.45) is 0 Å². The lowest BCUT2D eigenvalue weighted by atomic mass is 10.0. The number of thiophene rings is 2. The topological polar surface area (TPSA) is 59.1 Å². The number of halogens is 1. The monoisotopic (exact) mass is 417 g/mol. The van der Waals surface area contributed by atoms with Gasteiger partial charge in [0.2, 0.25) is 0 Å². The number of rotatable bonds is 6. The molecule has 0 fully saturated rings. The molecule has 0 aliphatic rings. The van der Waals surface area contributed by atoms with Crippen molar-refractivity contribution in [3.63, 3.8) is 0 Å². The number of fused-ring (bicyclic) bond motifs is 1. The van der Waals surface area contributed by atoms with E-state index in [0.29, 0.717) is 22.1 Å². The summed E-state index contributed by atoms with van der Waals surface area (Å²) in [5, 5.41) is 2.90. The maximum atomic E-state index is 12.5. The summed E-state index contributed by atoms with van der Waals surface area (Å²) < 4.78 is 23.7. The molecule has 1 atom stereocenters. The largest absolute Gasteiger partial charge is 0.393 e. The molecule has 27 heavy (non-hydrogen) atoms. The lowest BCUT2D eigenvalue weighted by molar-refractivity contribution is 0.486. The first-order chi connectivity index (χ1) is 13.2. The fraction of sp³-hybridized carbons (Fsp3) is 0.150. The third-order valence-electron chi connectivity index (χ3n) is 4.21. The summed E-state index contributed by atoms with van der Waals surface area (Å²) in [6, 6.07) is 16.2. The van der Waals surface area contributed by atoms with E-state index in [0.717, 1.165) is 31.9 Å². The molecule has 0 aliphatic carbocycles. The lowest BCUT2D eigenvalue weighted by Gasteiger charge is -2.07. The van der Waals surface area contributed by atoms with Crippen LogP contribution in [0.4, 0.5) is 10.1 Å². The molecule has 0 saturated carbocycles. The Kier molecular flexibility index (Phi) is 5.45. The molecule has 4 aromatic rings. The minimum atomic E-state index is -1.07. The molecule has 3 N–H and O–H groups in total. The lowest BCUT2D eigenvalue weighted by Crippen LogP contribution is -2.07. The quantitative estimate of drug-likeness (QED) is 0.374. The van der Waals surface area contributed by atoms with Crippen LogP contribution in [0.15, 0.2) is 58.1 Å². The second-order valence-electron chi connectivity index (χ2n) is 5.99. The van der Waals surface area contributed by atoms with E-state index >= 15 is 0 Å². The molecule has 0 amide bonds. The van der Waals surface area contributed by atoms with Crippen molar-refractivity contribution >= 4 is 49.8 Å². The number of nitrogens with two attached hydrogens (primary N) is 1. The normalized spacial score (nSPS) is 12.5. The van der Waals surface area contributed by atoms with E-state index < -0.39 is 17.9 Å². The van der Waals surface area contributed by atoms with Crippen molar-refractivity contribution < 1.29 is 8.94 Å². The molecular formula is C20H18FN2OS3+. The number of pyridine rings is 1. The Balaban J connectivity index is 1.93. The van der Waals surface area contributed by atoms with E-state index in [4.69, 9.17) is 10.7 Å². The average molecular weight is 418 g/mol. The molecule has 3 heterocycles. The molecule has 3 nitrogen and oxygen atoms in total. The van der Waals surface area contributed by atoms with Gasteiger partial charge in [-0.25, -0.2) is 4.98 Å². The zero-order valence-electron chi connectivity index (χ0n) is 14.4. The van der Waals surface area contributed by atoms with Gasteiger partial charge in [-0.2, -0.15) is 4.55 Å². The minimum absolute atomic E-state index is 0.326. The second-order valence-corrected chi connectivity index (χ2v) is 9.74. The van der Waals surface area contributed by atoms with E-state index in [1.807, 2.05) is 47.8 Å². The van der Waals surface area contributed by atoms with Crippen LogP contribution in [-0.4, -0.2) is 22.0 Å². The van der Waals surface area contributed by atoms with Crippen molar-refractivity contribution in [2.75, 3.05) is 18.2 Å². The number of hydrogen-bond donors (Lipinski definition) is 2. The SMILES string of the molecule is Nc1c([S+](O)CCCF)sc2nc(-c3cccs3)cc(-c3ccccc3)c12. The Labute approximate surface area is 167 Å². The first-order valence-corrected chi connectivity index (χ1v) is 11.5. The smallest absolute Gasteiger partial charge is 0.269 e. The highest BCUT2D eigenvalue weighted by Gasteiger charge is 2.29. The van der Waals surface area contributed by atoms with E-state index in [1.54, 1.807) is 11.3 Å². The maximum absolute atomic E-state index is 12.5. The molecule has 4 rings (SSSR count). The second kappa shape index (κ2) is 7.98. The van der Waals surface area contributed by atoms with Crippen LogP contribution in [-0.2, 0) is 11.2 Å². The number of aromatic nitrogens is 1. The number of benzene rings is 1. The van der Waals surface area contributed by atoms with Gasteiger partial charge in [0.25, 0.3) is 4.21 Å². The van der Waals surface area contributed by atoms with Gasteiger partial charge in [0.05, 0.1) is 17.2 Å². The van der Waals surface area contributed by atoms with Crippen molar-refractivity contribution in [2.45, 2.75) is 10.6 Å². The fourth-order valence-corrected chi connectivity index (χ4v) is 6.29. The minimum Gasteiger partial charge on any atom is -0.393 e. The van der Waals surface area contributed by atoms with Crippen LogP contribution in [0.2, 0.25) is 0 Å². The molecule has 0 aliphatic heterocycles. The zero-order valence-corrected chi connectivity index (χ0v) is 16.8. The van der Waals surface area contributed by atoms with Gasteiger partial charge in [-0.3, -0.25) is 4.39 Å². The molecule has 0 radical (unpaired) electrons. The summed E-state index contributed by atoms with van der Waals surface area (Å²) in [4.78, 5) is 6.71. The van der Waals surface area contributed by atoms with Crippen LogP contribution in [0.25, 0.3) is 31.9 Å². The van der Waals surface area contributed by atoms with Crippen LogP contribution >= 0.6 is 22.7 Å². The Morgan fingerprint density at radius 1 is 1.15 bits per heavy atom. The number of nitrogens with zero attached hydrogens (tertiary/aromatic N) is 1. The predicted molar refractivity (Wildman–Crippen MR) is 117 cm³/mol. The third kappa shape index (κ3) is 3.60. The van der Waals surface area contributed by atoms with Crippen molar-refractivity contribution in [3.8, 4) is 21.7 Å². The van der Waals surface area contributed by atoms with Crippen molar-refractivity contribution in [1.29, 1.82) is 0 Å². The Morgan fingerprint density at radius 2 is 1.96 bits per heavy atom. The molecular weight excluding hydrogens is 399 g/mol. The average Bonchev–Trinajstić information content (AvgIpc) is 3.35. The van der Waals surface area contributed by atoms with Crippen LogP contribution < -0.4 is 5.73 Å². The fourth-order valence-electron chi connectivity index (χ4n) is 2.96. The molecule has 1 unspecified atom stereocenters. The van der Waals surface area contributed by atoms with E-state index in [-0.39, 0.29) is 0 Å². The first kappa shape index (κ1) is 18.4. The van der Waals surface area contributed by atoms with Gasteiger partial charge in [-0.05, 0) is 28.6 Å². The molecule has 0 bridgehead atoms. The Hall–Kier alpha value is -1.93. The van der Waals surface area contributed by atoms with Crippen LogP contribution in [0, 0.1) is 0 Å². The molecule has 0 saturated heterocycles. The highest BCUT2D eigenvalue weighted by atomic mass is 32.2. The number of anilines is 1. The molecule has 1 aromatic carbocycles. The summed E-state index contributed by atoms with van der Waals surface area (Å²) >= 11 is 1.98. The number of nitrogen functional groups attached to an aromatic ring is 1. The maximum Gasteiger partial charge on any atom is 0.269 e. The molecule has 3 aromatic heterocycles. The molecule has 0 spiro atoms. The number of alkyl halides is 1. The highest BCUT2D eigenvalue weighted by molar-refractivity contribution is 7.93. The van der Waals surface area contributed by atoms with E-state index in [9.17, 15) is 8.94 Å². The van der Waals surface area contributed by atoms with Crippen LogP contribution in [0.5, 0.6) is 0 Å². The molecule has 138 valence electrons. The van der Waals surface area contributed by atoms with Gasteiger partial charge in [0.15, 0.2) is 16.9 Å². The van der Waals surface area contributed by atoms with Crippen LogP contribution in [0.1, 0.15) is 6.42 Å². The van der Waals surface area contributed by atoms with Gasteiger partial charge in [-0.1, -0.05) is 47.7 Å². The summed E-state index contributed by atoms with van der Waals surface area (Å²) in [6.45, 7) is -0.440. The third-order valence-corrected chi connectivity index (χ3v) is 8.15. The summed E-state index contributed by atoms with van der Waals surface area (Å²) in [6.07, 6.45) is 0.326. The van der Waals surface area contributed by atoms with Gasteiger partial charge in [-0.15, -0.1) is 11.3 Å². The van der Waals surface area contributed by atoms with Gasteiger partial charge in [0.1, 0.15) is 10.5 Å². The Morgan fingerprint density at radius 3 is 2.67 bits per heavy atom. The zero-order chi connectivity index (χ0) is 18.8. The summed E-state index contributed by atoms with van der Waals surface area (Å²) in [5.74, 6) is 0.381. The van der Waals surface area contributed by atoms with Crippen LogP contribution in [0.3, 0.4) is 0 Å². The van der Waals surface area contributed by atoms with E-state index in [1.165, 1.54) is 11.3 Å². The summed E-state index contributed by atoms with van der Waals surface area (Å²) in [5.41, 5.74) is 9.96. The van der Waals surface area contributed by atoms with Crippen molar-refractivity contribution in [3.05, 3.63) is 53.9 Å². The van der Waals surface area contributed by atoms with Gasteiger partial charge in [0, 0.05) is 11.8 Å². The standard InChI is InChI=1S/C20H18FN2OS3/c21-9-5-11-27(24)20-18(22)17-14(13-6-2-1-3-7-13)12-15(23-19(17)26-20)16-8-4-10-25-16/h1-4,6-8,10,12,24H,5,9,11,22H2/q+1. The van der Waals surface area contributed by atoms with E-state index in [2.05, 4.69) is 6.07 Å². The first-order valence-electron chi connectivity index (χ1n) is 8.47. The Bertz CT molecular complexity index is 1050. The summed E-state index contributed by atoms with van der Waals surface area (Å²) in [7, 11) is 0. The van der Waals surface area contributed by atoms with Gasteiger partial charge < -0.3 is 5.73 Å².